The molecule has 4 unspecified atom stereocenters. The molecule has 122 valence electrons. The van der Waals surface area contributed by atoms with Crippen molar-refractivity contribution in [2.75, 3.05) is 13.2 Å². The van der Waals surface area contributed by atoms with Gasteiger partial charge in [-0.3, -0.25) is 4.79 Å². The number of ether oxygens (including phenoxy) is 5. The van der Waals surface area contributed by atoms with E-state index in [4.69, 9.17) is 18.9 Å². The quantitative estimate of drug-likeness (QED) is 0.428. The fourth-order valence-electron chi connectivity index (χ4n) is 2.96. The summed E-state index contributed by atoms with van der Waals surface area (Å²) in [5.41, 5.74) is 0. The van der Waals surface area contributed by atoms with Gasteiger partial charge < -0.3 is 23.7 Å². The van der Waals surface area contributed by atoms with Gasteiger partial charge in [-0.25, -0.2) is 9.59 Å². The first-order valence-electron chi connectivity index (χ1n) is 7.49. The zero-order valence-corrected chi connectivity index (χ0v) is 12.0. The monoisotopic (exact) mass is 314 g/mol. The first-order valence-corrected chi connectivity index (χ1v) is 7.49. The van der Waals surface area contributed by atoms with Gasteiger partial charge in [-0.15, -0.1) is 0 Å². The number of hydrogen-bond donors (Lipinski definition) is 0. The lowest BCUT2D eigenvalue weighted by molar-refractivity contribution is -0.151. The van der Waals surface area contributed by atoms with Crippen LogP contribution in [0.4, 0.5) is 9.59 Å². The fraction of sp³-hybridized carbons (Fsp3) is 0.786. The molecule has 0 N–H and O–H groups in total. The molecule has 1 saturated carbocycles. The molecule has 3 aliphatic rings. The van der Waals surface area contributed by atoms with E-state index in [0.29, 0.717) is 32.1 Å². The number of carbonyl (C=O) groups excluding carboxylic acids is 3. The molecule has 8 nitrogen and oxygen atoms in total. The van der Waals surface area contributed by atoms with E-state index in [-0.39, 0.29) is 43.4 Å². The molecular weight excluding hydrogens is 296 g/mol. The first kappa shape index (κ1) is 14.9. The van der Waals surface area contributed by atoms with E-state index in [1.54, 1.807) is 0 Å². The smallest absolute Gasteiger partial charge is 0.465 e. The summed E-state index contributed by atoms with van der Waals surface area (Å²) in [4.78, 5) is 33.8. The molecule has 3 fully saturated rings. The lowest BCUT2D eigenvalue weighted by Gasteiger charge is -2.26. The molecule has 1 aliphatic carbocycles. The van der Waals surface area contributed by atoms with E-state index < -0.39 is 12.3 Å². The van der Waals surface area contributed by atoms with E-state index >= 15 is 0 Å². The Kier molecular flexibility index (Phi) is 4.35. The minimum Gasteiger partial charge on any atom is -0.465 e. The average Bonchev–Trinajstić information content (AvgIpc) is 3.07. The summed E-state index contributed by atoms with van der Waals surface area (Å²) in [6, 6.07) is 0. The molecule has 8 heteroatoms. The molecule has 0 aromatic rings. The first-order chi connectivity index (χ1) is 10.6. The Balaban J connectivity index is 1.34. The molecule has 2 saturated heterocycles. The summed E-state index contributed by atoms with van der Waals surface area (Å²) in [7, 11) is 0. The molecule has 0 aromatic carbocycles. The Morgan fingerprint density at radius 3 is 2.68 bits per heavy atom. The normalized spacial score (nSPS) is 33.3. The lowest BCUT2D eigenvalue weighted by atomic mass is 9.85. The van der Waals surface area contributed by atoms with Gasteiger partial charge in [-0.2, -0.15) is 0 Å². The molecule has 4 atom stereocenters. The second-order valence-electron chi connectivity index (χ2n) is 5.68. The lowest BCUT2D eigenvalue weighted by Crippen LogP contribution is -2.35. The van der Waals surface area contributed by atoms with Crippen molar-refractivity contribution in [2.45, 2.75) is 50.4 Å². The Labute approximate surface area is 127 Å². The van der Waals surface area contributed by atoms with Crippen molar-refractivity contribution in [3.63, 3.8) is 0 Å². The summed E-state index contributed by atoms with van der Waals surface area (Å²) in [5, 5.41) is 0. The molecule has 0 amide bonds. The van der Waals surface area contributed by atoms with Crippen molar-refractivity contribution in [3.8, 4) is 0 Å². The van der Waals surface area contributed by atoms with Crippen LogP contribution in [0.15, 0.2) is 0 Å². The van der Waals surface area contributed by atoms with Crippen LogP contribution in [-0.2, 0) is 28.5 Å². The van der Waals surface area contributed by atoms with Gasteiger partial charge in [-0.05, 0) is 25.7 Å². The number of carbonyl (C=O) groups is 3. The summed E-state index contributed by atoms with van der Waals surface area (Å²) in [6.45, 7) is 0.525. The minimum absolute atomic E-state index is 0.228. The number of hydrogen-bond acceptors (Lipinski definition) is 8. The van der Waals surface area contributed by atoms with Crippen LogP contribution in [0.1, 0.15) is 32.1 Å². The van der Waals surface area contributed by atoms with Gasteiger partial charge in [0.25, 0.3) is 0 Å². The Hall–Kier alpha value is -1.99. The van der Waals surface area contributed by atoms with Gasteiger partial charge in [0.15, 0.2) is 0 Å². The van der Waals surface area contributed by atoms with E-state index in [1.165, 1.54) is 0 Å². The van der Waals surface area contributed by atoms with Crippen LogP contribution < -0.4 is 0 Å². The van der Waals surface area contributed by atoms with Crippen LogP contribution in [0.2, 0.25) is 0 Å². The molecule has 2 aliphatic heterocycles. The summed E-state index contributed by atoms with van der Waals surface area (Å²) in [5.74, 6) is -0.538. The number of esters is 1. The molecule has 3 rings (SSSR count). The highest BCUT2D eigenvalue weighted by Gasteiger charge is 2.43. The molecule has 0 aromatic heterocycles. The van der Waals surface area contributed by atoms with E-state index in [2.05, 4.69) is 4.74 Å². The second-order valence-corrected chi connectivity index (χ2v) is 5.68. The van der Waals surface area contributed by atoms with Gasteiger partial charge >= 0.3 is 18.3 Å². The van der Waals surface area contributed by atoms with Gasteiger partial charge in [0.1, 0.15) is 24.9 Å². The van der Waals surface area contributed by atoms with Crippen molar-refractivity contribution in [3.05, 3.63) is 0 Å². The third-order valence-electron chi connectivity index (χ3n) is 4.12. The Morgan fingerprint density at radius 2 is 1.91 bits per heavy atom. The predicted molar refractivity (Wildman–Crippen MR) is 68.9 cm³/mol. The van der Waals surface area contributed by atoms with Gasteiger partial charge in [0, 0.05) is 6.42 Å². The van der Waals surface area contributed by atoms with Crippen molar-refractivity contribution in [2.24, 2.45) is 5.92 Å². The highest BCUT2D eigenvalue weighted by atomic mass is 16.8. The highest BCUT2D eigenvalue weighted by molar-refractivity contribution is 5.73. The van der Waals surface area contributed by atoms with Gasteiger partial charge in [-0.1, -0.05) is 0 Å². The van der Waals surface area contributed by atoms with Crippen LogP contribution in [0.5, 0.6) is 0 Å². The fourth-order valence-corrected chi connectivity index (χ4v) is 2.96. The van der Waals surface area contributed by atoms with Crippen LogP contribution in [0.3, 0.4) is 0 Å². The van der Waals surface area contributed by atoms with Gasteiger partial charge in [0.2, 0.25) is 0 Å². The van der Waals surface area contributed by atoms with Crippen LogP contribution >= 0.6 is 0 Å². The topological polar surface area (TPSA) is 97.4 Å². The average molecular weight is 314 g/mol. The molecular formula is C14H18O8. The highest BCUT2D eigenvalue weighted by Crippen LogP contribution is 2.33. The van der Waals surface area contributed by atoms with Crippen LogP contribution in [-0.4, -0.2) is 49.8 Å². The SMILES string of the molecule is O=C1OCC(CCCOC(=O)C2CCC3OC(=O)OC3C2)O1. The van der Waals surface area contributed by atoms with E-state index in [1.807, 2.05) is 0 Å². The standard InChI is InChI=1S/C14H18O8/c15-12(18-5-1-2-9-7-19-13(16)20-9)8-3-4-10-11(6-8)22-14(17)21-10/h8-11H,1-7H2. The maximum atomic E-state index is 12.0. The minimum atomic E-state index is -0.655. The van der Waals surface area contributed by atoms with Crippen molar-refractivity contribution >= 4 is 18.3 Å². The maximum absolute atomic E-state index is 12.0. The zero-order chi connectivity index (χ0) is 15.5. The Morgan fingerprint density at radius 1 is 1.09 bits per heavy atom. The molecule has 0 spiro atoms. The molecule has 22 heavy (non-hydrogen) atoms. The summed E-state index contributed by atoms with van der Waals surface area (Å²) >= 11 is 0. The zero-order valence-electron chi connectivity index (χ0n) is 12.0. The van der Waals surface area contributed by atoms with Crippen molar-refractivity contribution in [1.82, 2.24) is 0 Å². The summed E-state index contributed by atoms with van der Waals surface area (Å²) < 4.78 is 24.8. The maximum Gasteiger partial charge on any atom is 0.509 e. The third kappa shape index (κ3) is 3.42. The second kappa shape index (κ2) is 6.41. The van der Waals surface area contributed by atoms with E-state index in [0.717, 1.165) is 0 Å². The van der Waals surface area contributed by atoms with Gasteiger partial charge in [0.05, 0.1) is 12.5 Å². The molecule has 0 radical (unpaired) electrons. The Bertz CT molecular complexity index is 462. The molecule has 0 bridgehead atoms. The van der Waals surface area contributed by atoms with Crippen LogP contribution in [0, 0.1) is 5.92 Å². The van der Waals surface area contributed by atoms with Crippen molar-refractivity contribution in [1.29, 1.82) is 0 Å². The number of fused-ring (bicyclic) bond motifs is 1. The molecule has 2 heterocycles. The predicted octanol–water partition coefficient (Wildman–Crippen LogP) is 1.55. The van der Waals surface area contributed by atoms with Crippen molar-refractivity contribution < 1.29 is 38.1 Å². The third-order valence-corrected chi connectivity index (χ3v) is 4.12. The van der Waals surface area contributed by atoms with Crippen LogP contribution in [0.25, 0.3) is 0 Å². The van der Waals surface area contributed by atoms with E-state index in [9.17, 15) is 14.4 Å². The summed E-state index contributed by atoms with van der Waals surface area (Å²) in [6.07, 6.45) is 0.771. The number of rotatable bonds is 5. The number of cyclic esters (lactones) is 2. The largest absolute Gasteiger partial charge is 0.509 e.